The predicted molar refractivity (Wildman–Crippen MR) is 219 cm³/mol. The van der Waals surface area contributed by atoms with Crippen molar-refractivity contribution in [3.63, 3.8) is 0 Å². The van der Waals surface area contributed by atoms with Crippen LogP contribution in [0.2, 0.25) is 0 Å². The fraction of sp³-hybridized carbons (Fsp3) is 0.390. The lowest BCUT2D eigenvalue weighted by atomic mass is 10.1. The Kier molecular flexibility index (Phi) is 23.0. The van der Waals surface area contributed by atoms with Gasteiger partial charge in [0.25, 0.3) is 0 Å². The molecule has 0 spiro atoms. The molecule has 4 heterocycles. The van der Waals surface area contributed by atoms with E-state index in [9.17, 15) is 28.4 Å². The molecule has 4 amide bonds. The summed E-state index contributed by atoms with van der Waals surface area (Å²) in [5.41, 5.74) is 4.13. The minimum atomic E-state index is -0.233. The molecular formula is C41H55FN10O7. The van der Waals surface area contributed by atoms with Gasteiger partial charge in [-0.25, -0.2) is 9.37 Å². The van der Waals surface area contributed by atoms with Gasteiger partial charge in [-0.15, -0.1) is 10.2 Å². The molecule has 18 heteroatoms. The maximum Gasteiger partial charge on any atom is 0.305 e. The van der Waals surface area contributed by atoms with E-state index < -0.39 is 0 Å². The molecule has 0 aliphatic carbocycles. The first-order chi connectivity index (χ1) is 28.2. The summed E-state index contributed by atoms with van der Waals surface area (Å²) in [5.74, 6) is 1.03. The Morgan fingerprint density at radius 1 is 0.797 bits per heavy atom. The first-order valence-electron chi connectivity index (χ1n) is 18.9. The Hall–Kier alpha value is -6.56. The number of rotatable bonds is 12. The van der Waals surface area contributed by atoms with Crippen LogP contribution in [-0.4, -0.2) is 91.7 Å². The number of amides is 4. The van der Waals surface area contributed by atoms with Crippen molar-refractivity contribution in [1.29, 1.82) is 0 Å². The van der Waals surface area contributed by atoms with Crippen LogP contribution in [-0.2, 0) is 66.4 Å². The van der Waals surface area contributed by atoms with E-state index in [1.807, 2.05) is 43.4 Å². The van der Waals surface area contributed by atoms with E-state index in [2.05, 4.69) is 46.4 Å². The number of carbonyl (C=O) groups is 5. The zero-order valence-electron chi connectivity index (χ0n) is 34.4. The number of para-hydroxylation sites is 2. The molecular weight excluding hydrogens is 764 g/mol. The third-order valence-electron chi connectivity index (χ3n) is 7.68. The third-order valence-corrected chi connectivity index (χ3v) is 7.68. The summed E-state index contributed by atoms with van der Waals surface area (Å²) < 4.78 is 23.9. The number of hydrogen-bond donors (Lipinski definition) is 5. The number of ether oxygens (including phenoxy) is 2. The van der Waals surface area contributed by atoms with E-state index in [1.165, 1.54) is 45.4 Å². The second kappa shape index (κ2) is 27.9. The molecule has 318 valence electrons. The molecule has 0 unspecified atom stereocenters. The molecule has 0 saturated carbocycles. The smallest absolute Gasteiger partial charge is 0.305 e. The first kappa shape index (κ1) is 48.6. The highest BCUT2D eigenvalue weighted by Gasteiger charge is 2.21. The van der Waals surface area contributed by atoms with E-state index in [0.717, 1.165) is 41.1 Å². The Morgan fingerprint density at radius 3 is 1.85 bits per heavy atom. The maximum absolute atomic E-state index is 12.5. The molecule has 1 aliphatic heterocycles. The van der Waals surface area contributed by atoms with Gasteiger partial charge in [0.05, 0.1) is 37.3 Å². The number of aryl methyl sites for hydroxylation is 1. The number of fused-ring (bicyclic) bond motifs is 1. The largest absolute Gasteiger partial charge is 0.457 e. The number of aromatic nitrogens is 6. The SMILES string of the molecule is CC(=O)NCCc1ccc(F)cc1.CC(=O)NCCc1ccncc1.CC(=O)NCc1nc2ccccc2[nH]1.CC(=O)NCc1nncn1C.CCC(=O)OC1COC1. The monoisotopic (exact) mass is 818 g/mol. The fourth-order valence-electron chi connectivity index (χ4n) is 4.49. The summed E-state index contributed by atoms with van der Waals surface area (Å²) in [6, 6.07) is 17.9. The fourth-order valence-corrected chi connectivity index (χ4v) is 4.49. The summed E-state index contributed by atoms with van der Waals surface area (Å²) >= 11 is 0. The molecule has 6 rings (SSSR count). The number of aromatic amines is 1. The number of imidazole rings is 1. The highest BCUT2D eigenvalue weighted by atomic mass is 19.1. The van der Waals surface area contributed by atoms with Gasteiger partial charge in [-0.3, -0.25) is 29.0 Å². The van der Waals surface area contributed by atoms with Crippen LogP contribution in [0.5, 0.6) is 0 Å². The average Bonchev–Trinajstić information content (AvgIpc) is 3.81. The highest BCUT2D eigenvalue weighted by Crippen LogP contribution is 2.10. The summed E-state index contributed by atoms with van der Waals surface area (Å²) in [6.45, 7) is 11.1. The van der Waals surface area contributed by atoms with Gasteiger partial charge in [0.15, 0.2) is 5.82 Å². The summed E-state index contributed by atoms with van der Waals surface area (Å²) in [7, 11) is 1.83. The molecule has 3 aromatic heterocycles. The Bertz CT molecular complexity index is 1970. The molecule has 0 atom stereocenters. The Labute approximate surface area is 343 Å². The van der Waals surface area contributed by atoms with Gasteiger partial charge in [-0.05, 0) is 60.4 Å². The van der Waals surface area contributed by atoms with Crippen LogP contribution in [0.1, 0.15) is 63.8 Å². The van der Waals surface area contributed by atoms with Crippen molar-refractivity contribution >= 4 is 40.6 Å². The van der Waals surface area contributed by atoms with Crippen molar-refractivity contribution in [3.05, 3.63) is 108 Å². The van der Waals surface area contributed by atoms with Crippen LogP contribution in [0, 0.1) is 5.82 Å². The molecule has 2 aromatic carbocycles. The first-order valence-corrected chi connectivity index (χ1v) is 18.9. The Morgan fingerprint density at radius 2 is 1.36 bits per heavy atom. The number of esters is 1. The van der Waals surface area contributed by atoms with E-state index in [-0.39, 0.29) is 41.5 Å². The molecule has 0 bridgehead atoms. The number of H-pyrrole nitrogens is 1. The number of nitrogens with one attached hydrogen (secondary N) is 5. The van der Waals surface area contributed by atoms with Gasteiger partial charge in [-0.2, -0.15) is 0 Å². The topological polar surface area (TPSA) is 224 Å². The molecule has 5 aromatic rings. The van der Waals surface area contributed by atoms with Crippen LogP contribution >= 0.6 is 0 Å². The second-order valence-corrected chi connectivity index (χ2v) is 12.8. The van der Waals surface area contributed by atoms with Crippen molar-refractivity contribution in [1.82, 2.24) is 51.0 Å². The van der Waals surface area contributed by atoms with Crippen LogP contribution in [0.3, 0.4) is 0 Å². The van der Waals surface area contributed by atoms with Crippen LogP contribution in [0.25, 0.3) is 11.0 Å². The lowest BCUT2D eigenvalue weighted by Crippen LogP contribution is -2.37. The maximum atomic E-state index is 12.5. The number of carbonyl (C=O) groups excluding carboxylic acids is 5. The number of nitrogens with zero attached hydrogens (tertiary/aromatic N) is 5. The standard InChI is InChI=1S/C10H12FNO.C10H11N3O.C9H12N2O.C6H10N4O.C6H10O3/c1-8(13)12-7-6-9-2-4-10(11)5-3-9;1-7(14)11-6-10-12-8-4-2-3-5-9(8)13-10;1-8(12)11-7-4-9-2-5-10-6-3-9;1-5(11)7-3-6-9-8-4-10(6)2;1-2-6(7)9-5-3-8-4-5/h2-5H,6-7H2,1H3,(H,12,13);2-5H,6H2,1H3,(H,11,14)(H,12,13);2-3,5-6H,4,7H2,1H3,(H,11,12);4H,3H2,1-2H3,(H,7,11);5H,2-4H2,1H3. The summed E-state index contributed by atoms with van der Waals surface area (Å²) in [5, 5.41) is 18.2. The second-order valence-electron chi connectivity index (χ2n) is 12.8. The van der Waals surface area contributed by atoms with Crippen LogP contribution in [0.4, 0.5) is 4.39 Å². The summed E-state index contributed by atoms with van der Waals surface area (Å²) in [4.78, 5) is 64.1. The molecule has 5 N–H and O–H groups in total. The minimum absolute atomic E-state index is 0.0176. The lowest BCUT2D eigenvalue weighted by molar-refractivity contribution is -0.171. The molecule has 0 radical (unpaired) electrons. The van der Waals surface area contributed by atoms with Crippen molar-refractivity contribution < 1.29 is 37.8 Å². The zero-order chi connectivity index (χ0) is 43.4. The number of benzene rings is 2. The molecule has 1 fully saturated rings. The van der Waals surface area contributed by atoms with Crippen molar-refractivity contribution in [3.8, 4) is 0 Å². The summed E-state index contributed by atoms with van der Waals surface area (Å²) in [6.07, 6.45) is 7.19. The van der Waals surface area contributed by atoms with Gasteiger partial charge < -0.3 is 40.3 Å². The third kappa shape index (κ3) is 22.7. The zero-order valence-corrected chi connectivity index (χ0v) is 34.4. The average molecular weight is 819 g/mol. The van der Waals surface area contributed by atoms with Gasteiger partial charge in [0.2, 0.25) is 23.6 Å². The van der Waals surface area contributed by atoms with Gasteiger partial charge >= 0.3 is 5.97 Å². The normalized spacial score (nSPS) is 11.2. The van der Waals surface area contributed by atoms with Gasteiger partial charge in [0.1, 0.15) is 24.1 Å². The number of hydrogen-bond acceptors (Lipinski definition) is 11. The number of halogens is 1. The van der Waals surface area contributed by atoms with Crippen molar-refractivity contribution in [2.75, 3.05) is 26.3 Å². The van der Waals surface area contributed by atoms with Crippen molar-refractivity contribution in [2.45, 2.75) is 73.1 Å². The minimum Gasteiger partial charge on any atom is -0.457 e. The highest BCUT2D eigenvalue weighted by molar-refractivity contribution is 5.76. The molecule has 59 heavy (non-hydrogen) atoms. The van der Waals surface area contributed by atoms with Crippen LogP contribution in [0.15, 0.2) is 79.4 Å². The molecule has 1 aliphatic rings. The van der Waals surface area contributed by atoms with Gasteiger partial charge in [0, 0.05) is 66.6 Å². The van der Waals surface area contributed by atoms with E-state index >= 15 is 0 Å². The van der Waals surface area contributed by atoms with Crippen molar-refractivity contribution in [2.24, 2.45) is 7.05 Å². The van der Waals surface area contributed by atoms with Gasteiger partial charge in [-0.1, -0.05) is 31.2 Å². The van der Waals surface area contributed by atoms with E-state index in [1.54, 1.807) is 42.3 Å². The molecule has 1 saturated heterocycles. The number of pyridine rings is 1. The molecule has 17 nitrogen and oxygen atoms in total. The Balaban J connectivity index is 0.000000256. The lowest BCUT2D eigenvalue weighted by Gasteiger charge is -2.25. The predicted octanol–water partition coefficient (Wildman–Crippen LogP) is 3.25. The van der Waals surface area contributed by atoms with Crippen LogP contribution < -0.4 is 21.3 Å². The van der Waals surface area contributed by atoms with E-state index in [4.69, 9.17) is 9.47 Å². The quantitative estimate of drug-likeness (QED) is 0.115. The van der Waals surface area contributed by atoms with E-state index in [0.29, 0.717) is 45.8 Å².